The molecule has 0 unspecified atom stereocenters. The van der Waals surface area contributed by atoms with Gasteiger partial charge in [0.1, 0.15) is 0 Å². The second kappa shape index (κ2) is 7.17. The van der Waals surface area contributed by atoms with Crippen LogP contribution in [0.15, 0.2) is 47.3 Å². The van der Waals surface area contributed by atoms with Gasteiger partial charge in [0.2, 0.25) is 0 Å². The van der Waals surface area contributed by atoms with Crippen LogP contribution in [0.5, 0.6) is 0 Å². The molecule has 0 fully saturated rings. The summed E-state index contributed by atoms with van der Waals surface area (Å²) in [7, 11) is 0. The minimum absolute atomic E-state index is 0.0570. The molecule has 0 bridgehead atoms. The van der Waals surface area contributed by atoms with Crippen molar-refractivity contribution in [2.45, 2.75) is 13.0 Å². The Balaban J connectivity index is 1.92. The molecule has 4 nitrogen and oxygen atoms in total. The maximum Gasteiger partial charge on any atom is 0.251 e. The minimum atomic E-state index is -0.138. The molecule has 0 radical (unpaired) electrons. The number of aliphatic hydroxyl groups excluding tert-OH is 1. The van der Waals surface area contributed by atoms with Crippen molar-refractivity contribution in [3.8, 4) is 11.8 Å². The number of carbonyl (C=O) groups excluding carboxylic acids is 1. The SMILES string of the molecule is O=C(NCc1ccoc1)c1ccc(C#CCCO)cc1. The zero-order chi connectivity index (χ0) is 14.2. The van der Waals surface area contributed by atoms with E-state index < -0.39 is 0 Å². The van der Waals surface area contributed by atoms with E-state index in [2.05, 4.69) is 17.2 Å². The maximum absolute atomic E-state index is 11.9. The number of hydrogen-bond acceptors (Lipinski definition) is 3. The van der Waals surface area contributed by atoms with Crippen LogP contribution in [0.3, 0.4) is 0 Å². The summed E-state index contributed by atoms with van der Waals surface area (Å²) in [6, 6.07) is 8.84. The molecule has 20 heavy (non-hydrogen) atoms. The number of furan rings is 1. The molecule has 0 aliphatic rings. The van der Waals surface area contributed by atoms with Crippen molar-refractivity contribution in [2.75, 3.05) is 6.61 Å². The first kappa shape index (κ1) is 13.9. The molecule has 2 N–H and O–H groups in total. The average Bonchev–Trinajstić information content (AvgIpc) is 2.99. The quantitative estimate of drug-likeness (QED) is 0.834. The highest BCUT2D eigenvalue weighted by atomic mass is 16.3. The number of hydrogen-bond donors (Lipinski definition) is 2. The Bertz CT molecular complexity index is 603. The molecule has 2 aromatic rings. The lowest BCUT2D eigenvalue weighted by molar-refractivity contribution is 0.0951. The van der Waals surface area contributed by atoms with Gasteiger partial charge in [-0.15, -0.1) is 0 Å². The molecule has 1 amide bonds. The number of amides is 1. The normalized spacial score (nSPS) is 9.65. The number of rotatable bonds is 4. The van der Waals surface area contributed by atoms with E-state index in [0.29, 0.717) is 18.5 Å². The Labute approximate surface area is 117 Å². The van der Waals surface area contributed by atoms with E-state index in [1.54, 1.807) is 42.9 Å². The second-order valence-corrected chi connectivity index (χ2v) is 4.17. The fraction of sp³-hybridized carbons (Fsp3) is 0.188. The van der Waals surface area contributed by atoms with E-state index in [4.69, 9.17) is 9.52 Å². The predicted molar refractivity (Wildman–Crippen MR) is 74.9 cm³/mol. The van der Waals surface area contributed by atoms with Gasteiger partial charge < -0.3 is 14.8 Å². The number of aliphatic hydroxyl groups is 1. The third-order valence-corrected chi connectivity index (χ3v) is 2.65. The maximum atomic E-state index is 11.9. The number of nitrogens with one attached hydrogen (secondary N) is 1. The van der Waals surface area contributed by atoms with Crippen LogP contribution < -0.4 is 5.32 Å². The Morgan fingerprint density at radius 2 is 2.05 bits per heavy atom. The molecule has 2 rings (SSSR count). The predicted octanol–water partition coefficient (Wildman–Crippen LogP) is 1.94. The summed E-state index contributed by atoms with van der Waals surface area (Å²) in [5.74, 6) is 5.61. The van der Waals surface area contributed by atoms with Crippen LogP contribution in [0, 0.1) is 11.8 Å². The summed E-state index contributed by atoms with van der Waals surface area (Å²) in [6.07, 6.45) is 3.62. The van der Waals surface area contributed by atoms with Gasteiger partial charge in [0.25, 0.3) is 5.91 Å². The largest absolute Gasteiger partial charge is 0.472 e. The van der Waals surface area contributed by atoms with Crippen LogP contribution in [0.25, 0.3) is 0 Å². The minimum Gasteiger partial charge on any atom is -0.472 e. The summed E-state index contributed by atoms with van der Waals surface area (Å²) in [4.78, 5) is 11.9. The summed E-state index contributed by atoms with van der Waals surface area (Å²) >= 11 is 0. The fourth-order valence-electron chi connectivity index (χ4n) is 1.60. The van der Waals surface area contributed by atoms with Gasteiger partial charge in [0.15, 0.2) is 0 Å². The molecular formula is C16H15NO3. The van der Waals surface area contributed by atoms with E-state index in [9.17, 15) is 4.79 Å². The van der Waals surface area contributed by atoms with E-state index in [1.165, 1.54) is 0 Å². The van der Waals surface area contributed by atoms with Crippen molar-refractivity contribution in [1.82, 2.24) is 5.32 Å². The Hall–Kier alpha value is -2.51. The molecule has 1 heterocycles. The summed E-state index contributed by atoms with van der Waals surface area (Å²) < 4.78 is 4.93. The third kappa shape index (κ3) is 4.01. The first-order valence-corrected chi connectivity index (χ1v) is 6.28. The Morgan fingerprint density at radius 1 is 1.25 bits per heavy atom. The van der Waals surface area contributed by atoms with Gasteiger partial charge in [0, 0.05) is 29.7 Å². The van der Waals surface area contributed by atoms with E-state index in [0.717, 1.165) is 11.1 Å². The van der Waals surface area contributed by atoms with Crippen molar-refractivity contribution >= 4 is 5.91 Å². The molecule has 0 atom stereocenters. The second-order valence-electron chi connectivity index (χ2n) is 4.17. The molecule has 0 saturated heterocycles. The first-order chi connectivity index (χ1) is 9.79. The Morgan fingerprint density at radius 3 is 2.70 bits per heavy atom. The van der Waals surface area contributed by atoms with Crippen molar-refractivity contribution < 1.29 is 14.3 Å². The van der Waals surface area contributed by atoms with Gasteiger partial charge in [-0.25, -0.2) is 0 Å². The van der Waals surface area contributed by atoms with Gasteiger partial charge in [0.05, 0.1) is 19.1 Å². The summed E-state index contributed by atoms with van der Waals surface area (Å²) in [6.45, 7) is 0.495. The van der Waals surface area contributed by atoms with E-state index in [-0.39, 0.29) is 12.5 Å². The molecule has 0 spiro atoms. The highest BCUT2D eigenvalue weighted by Gasteiger charge is 2.05. The monoisotopic (exact) mass is 269 g/mol. The van der Waals surface area contributed by atoms with Crippen molar-refractivity contribution in [3.63, 3.8) is 0 Å². The van der Waals surface area contributed by atoms with Crippen molar-refractivity contribution in [1.29, 1.82) is 0 Å². The molecule has 4 heteroatoms. The van der Waals surface area contributed by atoms with Crippen LogP contribution in [0.4, 0.5) is 0 Å². The van der Waals surface area contributed by atoms with Gasteiger partial charge in [-0.05, 0) is 30.3 Å². The first-order valence-electron chi connectivity index (χ1n) is 6.28. The van der Waals surface area contributed by atoms with Crippen LogP contribution in [-0.4, -0.2) is 17.6 Å². The third-order valence-electron chi connectivity index (χ3n) is 2.65. The Kier molecular flexibility index (Phi) is 4.99. The van der Waals surface area contributed by atoms with Gasteiger partial charge in [-0.1, -0.05) is 11.8 Å². The molecule has 0 aliphatic carbocycles. The van der Waals surface area contributed by atoms with Gasteiger partial charge >= 0.3 is 0 Å². The zero-order valence-corrected chi connectivity index (χ0v) is 10.9. The lowest BCUT2D eigenvalue weighted by Gasteiger charge is -2.03. The van der Waals surface area contributed by atoms with Crippen LogP contribution in [-0.2, 0) is 6.54 Å². The molecular weight excluding hydrogens is 254 g/mol. The van der Waals surface area contributed by atoms with Gasteiger partial charge in [-0.3, -0.25) is 4.79 Å². The smallest absolute Gasteiger partial charge is 0.251 e. The number of carbonyl (C=O) groups is 1. The standard InChI is InChI=1S/C16H15NO3/c18-9-2-1-3-13-4-6-15(7-5-13)16(19)17-11-14-8-10-20-12-14/h4-8,10,12,18H,2,9,11H2,(H,17,19). The lowest BCUT2D eigenvalue weighted by atomic mass is 10.1. The molecule has 102 valence electrons. The van der Waals surface area contributed by atoms with E-state index in [1.807, 2.05) is 0 Å². The fourth-order valence-corrected chi connectivity index (χ4v) is 1.60. The molecule has 0 aliphatic heterocycles. The topological polar surface area (TPSA) is 62.5 Å². The highest BCUT2D eigenvalue weighted by Crippen LogP contribution is 2.05. The average molecular weight is 269 g/mol. The molecule has 1 aromatic heterocycles. The number of benzene rings is 1. The summed E-state index contributed by atoms with van der Waals surface area (Å²) in [5, 5.41) is 11.4. The van der Waals surface area contributed by atoms with E-state index >= 15 is 0 Å². The highest BCUT2D eigenvalue weighted by molar-refractivity contribution is 5.94. The van der Waals surface area contributed by atoms with Crippen LogP contribution in [0.1, 0.15) is 27.9 Å². The van der Waals surface area contributed by atoms with Crippen molar-refractivity contribution in [3.05, 3.63) is 59.5 Å². The van der Waals surface area contributed by atoms with Crippen LogP contribution >= 0.6 is 0 Å². The van der Waals surface area contributed by atoms with Gasteiger partial charge in [-0.2, -0.15) is 0 Å². The molecule has 0 saturated carbocycles. The molecule has 1 aromatic carbocycles. The van der Waals surface area contributed by atoms with Crippen molar-refractivity contribution in [2.24, 2.45) is 0 Å². The van der Waals surface area contributed by atoms with Crippen LogP contribution in [0.2, 0.25) is 0 Å². The lowest BCUT2D eigenvalue weighted by Crippen LogP contribution is -2.22. The summed E-state index contributed by atoms with van der Waals surface area (Å²) in [5.41, 5.74) is 2.33. The zero-order valence-electron chi connectivity index (χ0n) is 10.9.